The molecular weight excluding hydrogens is 310 g/mol. The van der Waals surface area contributed by atoms with E-state index >= 15 is 0 Å². The fraction of sp³-hybridized carbons (Fsp3) is 0.375. The van der Waals surface area contributed by atoms with Crippen molar-refractivity contribution >= 4 is 12.1 Å². The lowest BCUT2D eigenvalue weighted by Crippen LogP contribution is -2.60. The van der Waals surface area contributed by atoms with E-state index in [1.54, 1.807) is 13.3 Å². The second kappa shape index (κ2) is 7.69. The number of ether oxygens (including phenoxy) is 1. The molecule has 1 aliphatic rings. The van der Waals surface area contributed by atoms with Crippen molar-refractivity contribution in [3.8, 4) is 5.75 Å². The first-order valence-corrected chi connectivity index (χ1v) is 7.51. The summed E-state index contributed by atoms with van der Waals surface area (Å²) >= 11 is 0. The molecule has 128 valence electrons. The van der Waals surface area contributed by atoms with Crippen LogP contribution in [-0.4, -0.2) is 42.2 Å². The number of amidine groups is 1. The molecule has 0 bridgehead atoms. The lowest BCUT2D eigenvalue weighted by molar-refractivity contribution is -0.511. The Bertz CT molecular complexity index is 669. The zero-order chi connectivity index (χ0) is 17.6. The summed E-state index contributed by atoms with van der Waals surface area (Å²) in [5.41, 5.74) is 11.7. The summed E-state index contributed by atoms with van der Waals surface area (Å²) < 4.78 is 5.10. The Hall–Kier alpha value is -2.74. The van der Waals surface area contributed by atoms with Gasteiger partial charge in [0.2, 0.25) is 0 Å². The van der Waals surface area contributed by atoms with Crippen LogP contribution in [0.5, 0.6) is 5.75 Å². The minimum Gasteiger partial charge on any atom is -0.497 e. The molecular formula is C16H21N5O3. The highest BCUT2D eigenvalue weighted by Crippen LogP contribution is 2.21. The van der Waals surface area contributed by atoms with Gasteiger partial charge in [-0.15, -0.1) is 0 Å². The number of aliphatic imine (C=N–C) groups is 2. The van der Waals surface area contributed by atoms with Gasteiger partial charge in [0.05, 0.1) is 7.11 Å². The van der Waals surface area contributed by atoms with E-state index in [4.69, 9.17) is 16.2 Å². The van der Waals surface area contributed by atoms with Crippen molar-refractivity contribution in [1.29, 1.82) is 0 Å². The highest BCUT2D eigenvalue weighted by molar-refractivity contribution is 5.88. The van der Waals surface area contributed by atoms with Crippen LogP contribution >= 0.6 is 0 Å². The number of rotatable bonds is 7. The van der Waals surface area contributed by atoms with Gasteiger partial charge in [0.15, 0.2) is 5.84 Å². The summed E-state index contributed by atoms with van der Waals surface area (Å²) in [7, 11) is 1.62. The van der Waals surface area contributed by atoms with Gasteiger partial charge in [0, 0.05) is 30.3 Å². The lowest BCUT2D eigenvalue weighted by atomic mass is 9.86. The average molecular weight is 331 g/mol. The Morgan fingerprint density at radius 1 is 1.46 bits per heavy atom. The second-order valence-electron chi connectivity index (χ2n) is 5.56. The number of nitrogens with zero attached hydrogens (tertiary/aromatic N) is 3. The van der Waals surface area contributed by atoms with Crippen LogP contribution < -0.4 is 16.2 Å². The lowest BCUT2D eigenvalue weighted by Gasteiger charge is -2.29. The first-order valence-electron chi connectivity index (χ1n) is 7.51. The Labute approximate surface area is 140 Å². The molecule has 0 fully saturated rings. The van der Waals surface area contributed by atoms with E-state index in [0.717, 1.165) is 11.3 Å². The van der Waals surface area contributed by atoms with Crippen LogP contribution in [-0.2, 0) is 6.42 Å². The Morgan fingerprint density at radius 3 is 2.79 bits per heavy atom. The van der Waals surface area contributed by atoms with Crippen LogP contribution in [0.25, 0.3) is 0 Å². The first-order chi connectivity index (χ1) is 11.5. The first kappa shape index (κ1) is 17.6. The van der Waals surface area contributed by atoms with E-state index in [9.17, 15) is 10.1 Å². The highest BCUT2D eigenvalue weighted by atomic mass is 16.6. The predicted octanol–water partition coefficient (Wildman–Crippen LogP) is 0.926. The molecule has 4 N–H and O–H groups in total. The molecule has 0 amide bonds. The number of nitrogens with two attached hydrogens (primary N) is 2. The minimum absolute atomic E-state index is 0.0767. The van der Waals surface area contributed by atoms with Gasteiger partial charge in [0.1, 0.15) is 11.3 Å². The van der Waals surface area contributed by atoms with Gasteiger partial charge in [0.25, 0.3) is 6.04 Å². The topological polar surface area (TPSA) is 129 Å². The van der Waals surface area contributed by atoms with Gasteiger partial charge in [-0.3, -0.25) is 15.1 Å². The van der Waals surface area contributed by atoms with Crippen molar-refractivity contribution in [2.45, 2.75) is 24.4 Å². The molecule has 0 aliphatic carbocycles. The Kier molecular flexibility index (Phi) is 5.64. The van der Waals surface area contributed by atoms with Crippen molar-refractivity contribution in [3.63, 3.8) is 0 Å². The van der Waals surface area contributed by atoms with Crippen molar-refractivity contribution in [3.05, 3.63) is 52.2 Å². The molecule has 2 unspecified atom stereocenters. The molecule has 1 aliphatic heterocycles. The van der Waals surface area contributed by atoms with Crippen LogP contribution in [0.1, 0.15) is 12.0 Å². The number of benzene rings is 1. The fourth-order valence-corrected chi connectivity index (χ4v) is 2.50. The molecule has 1 aromatic carbocycles. The van der Waals surface area contributed by atoms with Crippen LogP contribution in [0.15, 0.2) is 46.5 Å². The molecule has 1 aromatic rings. The molecule has 0 aromatic heterocycles. The van der Waals surface area contributed by atoms with Crippen LogP contribution in [0.3, 0.4) is 0 Å². The van der Waals surface area contributed by atoms with Crippen LogP contribution in [0.4, 0.5) is 0 Å². The van der Waals surface area contributed by atoms with E-state index in [1.807, 2.05) is 24.3 Å². The fourth-order valence-electron chi connectivity index (χ4n) is 2.50. The molecule has 0 saturated carbocycles. The molecule has 0 spiro atoms. The SMILES string of the molecule is COc1ccc(CC=NCCC2(N)C=CN=C(N)C2[N+](=O)[O-])cc1. The molecule has 2 rings (SSSR count). The van der Waals surface area contributed by atoms with Gasteiger partial charge in [-0.25, -0.2) is 4.99 Å². The zero-order valence-corrected chi connectivity index (χ0v) is 13.5. The summed E-state index contributed by atoms with van der Waals surface area (Å²) in [6.07, 6.45) is 5.69. The summed E-state index contributed by atoms with van der Waals surface area (Å²) in [5.74, 6) is 0.724. The minimum atomic E-state index is -1.22. The third-order valence-electron chi connectivity index (χ3n) is 3.90. The zero-order valence-electron chi connectivity index (χ0n) is 13.5. The van der Waals surface area contributed by atoms with Crippen molar-refractivity contribution in [2.24, 2.45) is 21.5 Å². The van der Waals surface area contributed by atoms with E-state index in [-0.39, 0.29) is 5.84 Å². The summed E-state index contributed by atoms with van der Waals surface area (Å²) in [6, 6.07) is 6.46. The van der Waals surface area contributed by atoms with Gasteiger partial charge in [-0.05, 0) is 30.2 Å². The van der Waals surface area contributed by atoms with Crippen molar-refractivity contribution in [2.75, 3.05) is 13.7 Å². The quantitative estimate of drug-likeness (QED) is 0.436. The summed E-state index contributed by atoms with van der Waals surface area (Å²) in [6.45, 7) is 0.370. The Morgan fingerprint density at radius 2 is 2.17 bits per heavy atom. The number of nitro groups is 1. The molecule has 0 radical (unpaired) electrons. The van der Waals surface area contributed by atoms with E-state index in [0.29, 0.717) is 19.4 Å². The van der Waals surface area contributed by atoms with Gasteiger partial charge in [-0.2, -0.15) is 0 Å². The van der Waals surface area contributed by atoms with E-state index < -0.39 is 16.5 Å². The monoisotopic (exact) mass is 331 g/mol. The van der Waals surface area contributed by atoms with E-state index in [2.05, 4.69) is 9.98 Å². The standard InChI is InChI=1S/C16H21N5O3/c1-24-13-4-2-12(3-5-13)6-9-19-10-7-16(18)8-11-20-15(17)14(16)21(22)23/h2-5,8-9,11,14H,6-7,10,18H2,1H3,(H2,17,20). The number of hydrogen-bond acceptors (Lipinski definition) is 7. The van der Waals surface area contributed by atoms with Crippen LogP contribution in [0.2, 0.25) is 0 Å². The maximum absolute atomic E-state index is 11.2. The number of hydrogen-bond donors (Lipinski definition) is 2. The highest BCUT2D eigenvalue weighted by Gasteiger charge is 2.46. The van der Waals surface area contributed by atoms with Gasteiger partial charge >= 0.3 is 0 Å². The normalized spacial score (nSPS) is 23.2. The Balaban J connectivity index is 1.89. The van der Waals surface area contributed by atoms with Gasteiger partial charge < -0.3 is 16.2 Å². The second-order valence-corrected chi connectivity index (χ2v) is 5.56. The molecule has 2 atom stereocenters. The largest absolute Gasteiger partial charge is 0.497 e. The van der Waals surface area contributed by atoms with Crippen molar-refractivity contribution in [1.82, 2.24) is 0 Å². The summed E-state index contributed by atoms with van der Waals surface area (Å²) in [5, 5.41) is 11.2. The third kappa shape index (κ3) is 4.17. The van der Waals surface area contributed by atoms with Crippen molar-refractivity contribution < 1.29 is 9.66 Å². The van der Waals surface area contributed by atoms with E-state index in [1.165, 1.54) is 12.3 Å². The van der Waals surface area contributed by atoms with Gasteiger partial charge in [-0.1, -0.05) is 12.1 Å². The third-order valence-corrected chi connectivity index (χ3v) is 3.90. The number of methoxy groups -OCH3 is 1. The van der Waals surface area contributed by atoms with Crippen LogP contribution in [0, 0.1) is 10.1 Å². The molecule has 1 heterocycles. The molecule has 24 heavy (non-hydrogen) atoms. The molecule has 8 nitrogen and oxygen atoms in total. The molecule has 8 heteroatoms. The average Bonchev–Trinajstić information content (AvgIpc) is 2.54. The molecule has 0 saturated heterocycles. The maximum Gasteiger partial charge on any atom is 0.290 e. The smallest absolute Gasteiger partial charge is 0.290 e. The predicted molar refractivity (Wildman–Crippen MR) is 93.1 cm³/mol. The maximum atomic E-state index is 11.2. The summed E-state index contributed by atoms with van der Waals surface area (Å²) in [4.78, 5) is 18.8.